The van der Waals surface area contributed by atoms with Gasteiger partial charge in [0.2, 0.25) is 23.9 Å². The quantitative estimate of drug-likeness (QED) is 0.153. The molecule has 3 aliphatic heterocycles. The molecule has 0 aliphatic carbocycles. The molecule has 1 saturated heterocycles. The zero-order valence-corrected chi connectivity index (χ0v) is 28.2. The molecule has 1 fully saturated rings. The molecule has 0 saturated carbocycles. The Labute approximate surface area is 285 Å². The molecule has 49 heavy (non-hydrogen) atoms. The van der Waals surface area contributed by atoms with Gasteiger partial charge in [-0.15, -0.1) is 0 Å². The van der Waals surface area contributed by atoms with E-state index in [1.165, 1.54) is 36.8 Å². The van der Waals surface area contributed by atoms with Gasteiger partial charge in [0.15, 0.2) is 11.3 Å². The van der Waals surface area contributed by atoms with Crippen molar-refractivity contribution in [2.45, 2.75) is 109 Å². The number of pyridine rings is 1. The number of carbonyl (C=O) groups excluding carboxylic acids is 3. The number of nitrogens with one attached hydrogen (secondary N) is 1. The third kappa shape index (κ3) is 7.88. The molecule has 3 aliphatic rings. The van der Waals surface area contributed by atoms with Gasteiger partial charge in [-0.1, -0.05) is 56.7 Å². The number of aromatic nitrogens is 1. The van der Waals surface area contributed by atoms with Crippen LogP contribution in [0.15, 0.2) is 34.3 Å². The number of hydrogen-bond acceptors (Lipinski definition) is 9. The Kier molecular flexibility index (Phi) is 11.6. The standard InChI is InChI=1S/C35H44F2N4O8.H2/c1-4-5-6-7-8-9-10-11-29(42)47-21-48-32-30-34(45)40-20-27(35(15-14-22(40)2)17-28(46-3)39-49-35)41(30)19-25(31(32)43)33(44)38-18-23-12-13-24(36)16-26(23)37;/h12-13,16,19,22,27H,4-11,14-15,17-18,20-21H2,1-3H3,(H,38,44);1H/t22-,27+,35-;/m0./s1. The summed E-state index contributed by atoms with van der Waals surface area (Å²) >= 11 is 0. The number of benzene rings is 1. The third-order valence-electron chi connectivity index (χ3n) is 9.61. The maximum atomic E-state index is 14.3. The van der Waals surface area contributed by atoms with Crippen LogP contribution in [0.3, 0.4) is 0 Å². The molecule has 0 radical (unpaired) electrons. The van der Waals surface area contributed by atoms with Gasteiger partial charge in [0.1, 0.15) is 17.2 Å². The highest BCUT2D eigenvalue weighted by Crippen LogP contribution is 2.46. The first-order valence-corrected chi connectivity index (χ1v) is 17.0. The van der Waals surface area contributed by atoms with E-state index in [0.29, 0.717) is 31.2 Å². The molecule has 3 atom stereocenters. The van der Waals surface area contributed by atoms with Crippen LogP contribution in [-0.4, -0.2) is 65.2 Å². The second-order valence-corrected chi connectivity index (χ2v) is 12.9. The van der Waals surface area contributed by atoms with E-state index in [0.717, 1.165) is 31.7 Å². The van der Waals surface area contributed by atoms with Crippen LogP contribution in [0, 0.1) is 11.6 Å². The Hall–Kier alpha value is -4.49. The average molecular weight is 689 g/mol. The Balaban J connectivity index is 0.00000562. The summed E-state index contributed by atoms with van der Waals surface area (Å²) in [7, 11) is 1.48. The number of hydrogen-bond donors (Lipinski definition) is 1. The number of carbonyl (C=O) groups is 3. The van der Waals surface area contributed by atoms with Crippen molar-refractivity contribution in [3.63, 3.8) is 0 Å². The Bertz CT molecular complexity index is 1650. The zero-order valence-electron chi connectivity index (χ0n) is 28.2. The number of oxime groups is 1. The zero-order chi connectivity index (χ0) is 35.1. The summed E-state index contributed by atoms with van der Waals surface area (Å²) in [5, 5.41) is 6.62. The second kappa shape index (κ2) is 15.8. The van der Waals surface area contributed by atoms with Gasteiger partial charge in [-0.05, 0) is 32.3 Å². The summed E-state index contributed by atoms with van der Waals surface area (Å²) in [6, 6.07) is 2.09. The van der Waals surface area contributed by atoms with E-state index in [-0.39, 0.29) is 44.7 Å². The SMILES string of the molecule is CCCCCCCCCC(=O)OCOc1c2n(cc(C(=O)NCc3ccc(F)cc3F)c1=O)[C@@H]1CN(C2=O)[C@@H](C)CC[C@]12CC(OC)=NO2.[HH]. The molecule has 4 heterocycles. The van der Waals surface area contributed by atoms with Gasteiger partial charge >= 0.3 is 5.97 Å². The number of amides is 2. The van der Waals surface area contributed by atoms with Crippen molar-refractivity contribution in [1.29, 1.82) is 0 Å². The van der Waals surface area contributed by atoms with Crippen molar-refractivity contribution in [3.05, 3.63) is 63.1 Å². The van der Waals surface area contributed by atoms with Crippen molar-refractivity contribution >= 4 is 23.7 Å². The first kappa shape index (κ1) is 35.8. The van der Waals surface area contributed by atoms with E-state index in [4.69, 9.17) is 19.0 Å². The lowest BCUT2D eigenvalue weighted by atomic mass is 9.85. The van der Waals surface area contributed by atoms with Crippen LogP contribution in [0.2, 0.25) is 0 Å². The van der Waals surface area contributed by atoms with E-state index in [1.807, 2.05) is 6.92 Å². The molecule has 14 heteroatoms. The van der Waals surface area contributed by atoms with Crippen LogP contribution in [0.4, 0.5) is 8.78 Å². The van der Waals surface area contributed by atoms with E-state index in [1.54, 1.807) is 4.90 Å². The molecule has 2 bridgehead atoms. The lowest BCUT2D eigenvalue weighted by molar-refractivity contribution is -0.150. The van der Waals surface area contributed by atoms with E-state index in [9.17, 15) is 28.0 Å². The van der Waals surface area contributed by atoms with Gasteiger partial charge in [0, 0.05) is 44.8 Å². The summed E-state index contributed by atoms with van der Waals surface area (Å²) in [6.07, 6.45) is 9.96. The molecule has 2 amide bonds. The van der Waals surface area contributed by atoms with Gasteiger partial charge in [-0.2, -0.15) is 0 Å². The first-order valence-electron chi connectivity index (χ1n) is 17.0. The minimum absolute atomic E-state index is 0. The van der Waals surface area contributed by atoms with Gasteiger partial charge in [0.05, 0.1) is 19.6 Å². The third-order valence-corrected chi connectivity index (χ3v) is 9.61. The Morgan fingerprint density at radius 3 is 2.61 bits per heavy atom. The van der Waals surface area contributed by atoms with E-state index >= 15 is 0 Å². The molecule has 2 aromatic rings. The highest BCUT2D eigenvalue weighted by Gasteiger charge is 2.55. The number of rotatable bonds is 14. The van der Waals surface area contributed by atoms with Crippen molar-refractivity contribution in [3.8, 4) is 5.75 Å². The van der Waals surface area contributed by atoms with Crippen LogP contribution in [0.1, 0.15) is 118 Å². The van der Waals surface area contributed by atoms with Crippen LogP contribution in [0.25, 0.3) is 0 Å². The maximum absolute atomic E-state index is 14.3. The molecule has 5 rings (SSSR count). The maximum Gasteiger partial charge on any atom is 0.308 e. The minimum Gasteiger partial charge on any atom is -0.482 e. The average Bonchev–Trinajstić information content (AvgIpc) is 3.46. The molecule has 268 valence electrons. The molecular formula is C35H46F2N4O8. The molecule has 0 unspecified atom stereocenters. The van der Waals surface area contributed by atoms with Crippen LogP contribution in [-0.2, 0) is 25.7 Å². The molecule has 1 spiro atoms. The van der Waals surface area contributed by atoms with E-state index in [2.05, 4.69) is 17.4 Å². The largest absolute Gasteiger partial charge is 0.482 e. The number of nitrogens with zero attached hydrogens (tertiary/aromatic N) is 3. The van der Waals surface area contributed by atoms with Gasteiger partial charge in [-0.3, -0.25) is 19.2 Å². The minimum atomic E-state index is -0.968. The summed E-state index contributed by atoms with van der Waals surface area (Å²) < 4.78 is 45.7. The normalized spacial score (nSPS) is 21.0. The smallest absolute Gasteiger partial charge is 0.308 e. The summed E-state index contributed by atoms with van der Waals surface area (Å²) in [4.78, 5) is 61.6. The van der Waals surface area contributed by atoms with Crippen molar-refractivity contribution in [2.24, 2.45) is 5.16 Å². The number of methoxy groups -OCH3 is 1. The second-order valence-electron chi connectivity index (χ2n) is 12.9. The Morgan fingerprint density at radius 2 is 1.90 bits per heavy atom. The molecule has 12 nitrogen and oxygen atoms in total. The number of halogens is 2. The fraction of sp³-hybridized carbons (Fsp3) is 0.571. The van der Waals surface area contributed by atoms with Crippen molar-refractivity contribution in [2.75, 3.05) is 20.4 Å². The predicted octanol–water partition coefficient (Wildman–Crippen LogP) is 5.62. The van der Waals surface area contributed by atoms with Crippen molar-refractivity contribution < 1.29 is 43.6 Å². The number of unbranched alkanes of at least 4 members (excludes halogenated alkanes) is 6. The van der Waals surface area contributed by atoms with E-state index < -0.39 is 64.6 Å². The fourth-order valence-electron chi connectivity index (χ4n) is 6.70. The summed E-state index contributed by atoms with van der Waals surface area (Å²) in [5.41, 5.74) is -2.39. The monoisotopic (exact) mass is 688 g/mol. The fourth-order valence-corrected chi connectivity index (χ4v) is 6.70. The van der Waals surface area contributed by atoms with Crippen LogP contribution in [0.5, 0.6) is 5.75 Å². The topological polar surface area (TPSA) is 138 Å². The lowest BCUT2D eigenvalue weighted by Crippen LogP contribution is -2.52. The highest BCUT2D eigenvalue weighted by atomic mass is 19.1. The van der Waals surface area contributed by atoms with Crippen LogP contribution < -0.4 is 15.5 Å². The number of esters is 1. The molecular weight excluding hydrogens is 642 g/mol. The van der Waals surface area contributed by atoms with Crippen molar-refractivity contribution in [1.82, 2.24) is 14.8 Å². The summed E-state index contributed by atoms with van der Waals surface area (Å²) in [6.45, 7) is 3.24. The first-order chi connectivity index (χ1) is 23.6. The number of fused-ring (bicyclic) bond motifs is 5. The summed E-state index contributed by atoms with van der Waals surface area (Å²) in [5.74, 6) is -3.62. The molecule has 1 aromatic carbocycles. The predicted molar refractivity (Wildman–Crippen MR) is 176 cm³/mol. The van der Waals surface area contributed by atoms with Gasteiger partial charge in [-0.25, -0.2) is 8.78 Å². The lowest BCUT2D eigenvalue weighted by Gasteiger charge is -2.42. The number of ether oxygens (including phenoxy) is 3. The van der Waals surface area contributed by atoms with Crippen LogP contribution >= 0.6 is 0 Å². The molecule has 1 N–H and O–H groups in total. The molecule has 1 aromatic heterocycles. The highest BCUT2D eigenvalue weighted by molar-refractivity contribution is 5.99. The van der Waals surface area contributed by atoms with Gasteiger partial charge in [0.25, 0.3) is 11.8 Å². The van der Waals surface area contributed by atoms with Gasteiger partial charge < -0.3 is 33.8 Å². The Morgan fingerprint density at radius 1 is 1.14 bits per heavy atom.